The van der Waals surface area contributed by atoms with Crippen LogP contribution in [-0.2, 0) is 11.3 Å². The van der Waals surface area contributed by atoms with Crippen LogP contribution in [0.3, 0.4) is 0 Å². The van der Waals surface area contributed by atoms with Gasteiger partial charge in [-0.25, -0.2) is 9.78 Å². The summed E-state index contributed by atoms with van der Waals surface area (Å²) in [6.45, 7) is 9.46. The van der Waals surface area contributed by atoms with E-state index < -0.39 is 0 Å². The number of hydrogen-bond acceptors (Lipinski definition) is 4. The van der Waals surface area contributed by atoms with Crippen molar-refractivity contribution in [1.29, 1.82) is 0 Å². The Kier molecular flexibility index (Phi) is 6.09. The molecular formula is C17H29N5O2. The van der Waals surface area contributed by atoms with Crippen LogP contribution in [0, 0.1) is 5.92 Å². The molecule has 2 amide bonds. The van der Waals surface area contributed by atoms with Gasteiger partial charge in [-0.2, -0.15) is 0 Å². The molecule has 7 nitrogen and oxygen atoms in total. The fourth-order valence-corrected chi connectivity index (χ4v) is 3.53. The molecule has 1 aromatic rings. The maximum absolute atomic E-state index is 12.4. The minimum atomic E-state index is 0.0624. The third-order valence-electron chi connectivity index (χ3n) is 4.94. The average Bonchev–Trinajstić information content (AvgIpc) is 3.09. The Hall–Kier alpha value is -1.60. The first-order chi connectivity index (χ1) is 11.7. The highest BCUT2D eigenvalue weighted by atomic mass is 16.5. The second-order valence-electron chi connectivity index (χ2n) is 6.95. The predicted octanol–water partition coefficient (Wildman–Crippen LogP) is 1.03. The Balaban J connectivity index is 1.36. The molecule has 24 heavy (non-hydrogen) atoms. The first-order valence-corrected chi connectivity index (χ1v) is 9.02. The topological polar surface area (TPSA) is 62.6 Å². The van der Waals surface area contributed by atoms with Gasteiger partial charge in [-0.1, -0.05) is 0 Å². The molecule has 2 saturated heterocycles. The number of ether oxygens (including phenoxy) is 1. The van der Waals surface area contributed by atoms with E-state index in [-0.39, 0.29) is 12.1 Å². The number of imidazole rings is 1. The number of piperidine rings is 1. The van der Waals surface area contributed by atoms with Crippen LogP contribution in [-0.4, -0.2) is 77.4 Å². The van der Waals surface area contributed by atoms with Crippen molar-refractivity contribution in [2.45, 2.75) is 32.4 Å². The first kappa shape index (κ1) is 17.2. The molecule has 134 valence electrons. The van der Waals surface area contributed by atoms with Crippen molar-refractivity contribution >= 4 is 6.03 Å². The molecule has 1 atom stereocenters. The lowest BCUT2D eigenvalue weighted by atomic mass is 9.96. The van der Waals surface area contributed by atoms with Crippen LogP contribution >= 0.6 is 0 Å². The zero-order chi connectivity index (χ0) is 16.8. The van der Waals surface area contributed by atoms with Gasteiger partial charge in [0.05, 0.1) is 19.5 Å². The zero-order valence-corrected chi connectivity index (χ0v) is 14.6. The average molecular weight is 335 g/mol. The lowest BCUT2D eigenvalue weighted by Gasteiger charge is -2.36. The zero-order valence-electron chi connectivity index (χ0n) is 14.6. The summed E-state index contributed by atoms with van der Waals surface area (Å²) in [6.07, 6.45) is 7.65. The highest BCUT2D eigenvalue weighted by Crippen LogP contribution is 2.19. The van der Waals surface area contributed by atoms with Crippen molar-refractivity contribution in [2.24, 2.45) is 5.92 Å². The molecule has 2 fully saturated rings. The number of nitrogens with zero attached hydrogens (tertiary/aromatic N) is 4. The van der Waals surface area contributed by atoms with E-state index in [4.69, 9.17) is 4.74 Å². The van der Waals surface area contributed by atoms with Crippen molar-refractivity contribution in [3.05, 3.63) is 18.7 Å². The van der Waals surface area contributed by atoms with Gasteiger partial charge in [-0.3, -0.25) is 4.90 Å². The lowest BCUT2D eigenvalue weighted by Crippen LogP contribution is -2.49. The molecular weight excluding hydrogens is 306 g/mol. The second kappa shape index (κ2) is 8.48. The monoisotopic (exact) mass is 335 g/mol. The number of nitrogens with one attached hydrogen (secondary N) is 1. The summed E-state index contributed by atoms with van der Waals surface area (Å²) >= 11 is 0. The molecule has 3 rings (SSSR count). The van der Waals surface area contributed by atoms with E-state index in [0.29, 0.717) is 5.92 Å². The summed E-state index contributed by atoms with van der Waals surface area (Å²) in [5, 5.41) is 3.10. The lowest BCUT2D eigenvalue weighted by molar-refractivity contribution is 0.0258. The molecule has 0 radical (unpaired) electrons. The molecule has 7 heteroatoms. The maximum Gasteiger partial charge on any atom is 0.317 e. The molecule has 0 aromatic carbocycles. The fraction of sp³-hybridized carbons (Fsp3) is 0.765. The quantitative estimate of drug-likeness (QED) is 0.873. The van der Waals surface area contributed by atoms with E-state index in [9.17, 15) is 4.79 Å². The number of carbonyl (C=O) groups excluding carboxylic acids is 1. The van der Waals surface area contributed by atoms with Crippen LogP contribution in [0.4, 0.5) is 4.79 Å². The number of morpholine rings is 1. The van der Waals surface area contributed by atoms with Gasteiger partial charge in [0.1, 0.15) is 0 Å². The Morgan fingerprint density at radius 2 is 2.04 bits per heavy atom. The van der Waals surface area contributed by atoms with Gasteiger partial charge in [-0.15, -0.1) is 0 Å². The van der Waals surface area contributed by atoms with Crippen LogP contribution in [0.15, 0.2) is 18.7 Å². The van der Waals surface area contributed by atoms with Gasteiger partial charge < -0.3 is 19.5 Å². The summed E-state index contributed by atoms with van der Waals surface area (Å²) in [6, 6.07) is 0.158. The number of hydrogen-bond donors (Lipinski definition) is 1. The van der Waals surface area contributed by atoms with Crippen LogP contribution in [0.25, 0.3) is 0 Å². The molecule has 1 N–H and O–H groups in total. The molecule has 3 heterocycles. The van der Waals surface area contributed by atoms with E-state index in [1.807, 2.05) is 22.6 Å². The molecule has 0 saturated carbocycles. The molecule has 1 aromatic heterocycles. The minimum absolute atomic E-state index is 0.0624. The Labute approximate surface area is 144 Å². The van der Waals surface area contributed by atoms with Crippen molar-refractivity contribution in [3.8, 4) is 0 Å². The third-order valence-corrected chi connectivity index (χ3v) is 4.94. The smallest absolute Gasteiger partial charge is 0.317 e. The van der Waals surface area contributed by atoms with Gasteiger partial charge in [0.15, 0.2) is 0 Å². The number of likely N-dealkylation sites (tertiary alicyclic amines) is 1. The fourth-order valence-electron chi connectivity index (χ4n) is 3.53. The normalized spacial score (nSPS) is 21.6. The van der Waals surface area contributed by atoms with Gasteiger partial charge >= 0.3 is 6.03 Å². The number of carbonyl (C=O) groups is 1. The van der Waals surface area contributed by atoms with Crippen molar-refractivity contribution in [3.63, 3.8) is 0 Å². The third kappa shape index (κ3) is 4.95. The van der Waals surface area contributed by atoms with Crippen LogP contribution < -0.4 is 5.32 Å². The SMILES string of the molecule is C[C@@H](Cn1ccnc1)NC(=O)N1CCC(CN2CCOCC2)CC1. The van der Waals surface area contributed by atoms with Crippen molar-refractivity contribution in [2.75, 3.05) is 45.9 Å². The number of aromatic nitrogens is 2. The first-order valence-electron chi connectivity index (χ1n) is 9.02. The maximum atomic E-state index is 12.4. The number of rotatable bonds is 5. The molecule has 0 unspecified atom stereocenters. The van der Waals surface area contributed by atoms with E-state index in [0.717, 1.165) is 65.3 Å². The van der Waals surface area contributed by atoms with Gasteiger partial charge in [0, 0.05) is 57.7 Å². The van der Waals surface area contributed by atoms with Gasteiger partial charge in [-0.05, 0) is 25.7 Å². The highest BCUT2D eigenvalue weighted by molar-refractivity contribution is 5.74. The van der Waals surface area contributed by atoms with E-state index in [2.05, 4.69) is 15.2 Å². The Bertz CT molecular complexity index is 493. The molecule has 0 aliphatic carbocycles. The van der Waals surface area contributed by atoms with Gasteiger partial charge in [0.2, 0.25) is 0 Å². The second-order valence-corrected chi connectivity index (χ2v) is 6.95. The molecule has 0 spiro atoms. The van der Waals surface area contributed by atoms with Crippen molar-refractivity contribution in [1.82, 2.24) is 24.7 Å². The minimum Gasteiger partial charge on any atom is -0.379 e. The summed E-state index contributed by atoms with van der Waals surface area (Å²) in [5.41, 5.74) is 0. The Morgan fingerprint density at radius 1 is 1.29 bits per heavy atom. The molecule has 0 bridgehead atoms. The van der Waals surface area contributed by atoms with E-state index in [1.165, 1.54) is 0 Å². The summed E-state index contributed by atoms with van der Waals surface area (Å²) in [5.74, 6) is 0.704. The molecule has 2 aliphatic heterocycles. The Morgan fingerprint density at radius 3 is 2.71 bits per heavy atom. The highest BCUT2D eigenvalue weighted by Gasteiger charge is 2.25. The summed E-state index contributed by atoms with van der Waals surface area (Å²) in [4.78, 5) is 20.9. The standard InChI is InChI=1S/C17H29N5O2/c1-15(12-21-7-4-18-14-21)19-17(23)22-5-2-16(3-6-22)13-20-8-10-24-11-9-20/h4,7,14-16H,2-3,5-6,8-13H2,1H3,(H,19,23)/t15-/m0/s1. The summed E-state index contributed by atoms with van der Waals surface area (Å²) in [7, 11) is 0. The summed E-state index contributed by atoms with van der Waals surface area (Å²) < 4.78 is 7.39. The van der Waals surface area contributed by atoms with E-state index in [1.54, 1.807) is 12.5 Å². The van der Waals surface area contributed by atoms with E-state index >= 15 is 0 Å². The number of urea groups is 1. The largest absolute Gasteiger partial charge is 0.379 e. The molecule has 2 aliphatic rings. The predicted molar refractivity (Wildman–Crippen MR) is 91.8 cm³/mol. The van der Waals surface area contributed by atoms with Crippen LogP contribution in [0.2, 0.25) is 0 Å². The van der Waals surface area contributed by atoms with Crippen molar-refractivity contribution < 1.29 is 9.53 Å². The van der Waals surface area contributed by atoms with Crippen LogP contribution in [0.5, 0.6) is 0 Å². The van der Waals surface area contributed by atoms with Crippen LogP contribution in [0.1, 0.15) is 19.8 Å². The number of amides is 2. The van der Waals surface area contributed by atoms with Gasteiger partial charge in [0.25, 0.3) is 0 Å².